The molecular weight excluding hydrogens is 324 g/mol. The van der Waals surface area contributed by atoms with Gasteiger partial charge in [-0.15, -0.1) is 0 Å². The van der Waals surface area contributed by atoms with E-state index in [1.807, 2.05) is 0 Å². The van der Waals surface area contributed by atoms with Gasteiger partial charge in [0.2, 0.25) is 5.91 Å². The lowest BCUT2D eigenvalue weighted by Crippen LogP contribution is -2.16. The first kappa shape index (κ1) is 14.2. The first-order valence-corrected chi connectivity index (χ1v) is 5.62. The Morgan fingerprint density at radius 2 is 2.18 bits per heavy atom. The van der Waals surface area contributed by atoms with Crippen LogP contribution in [0.3, 0.4) is 0 Å². The predicted molar refractivity (Wildman–Crippen MR) is 60.9 cm³/mol. The lowest BCUT2D eigenvalue weighted by molar-refractivity contribution is -0.142. The molecule has 0 saturated carbocycles. The fourth-order valence-electron chi connectivity index (χ4n) is 0.968. The molecule has 0 fully saturated rings. The van der Waals surface area contributed by atoms with Crippen LogP contribution in [0.5, 0.6) is 0 Å². The summed E-state index contributed by atoms with van der Waals surface area (Å²) in [7, 11) is 0. The third kappa shape index (κ3) is 5.36. The first-order valence-electron chi connectivity index (χ1n) is 4.45. The maximum Gasteiger partial charge on any atom is 0.389 e. The Hall–Kier alpha value is -0.820. The van der Waals surface area contributed by atoms with Gasteiger partial charge >= 0.3 is 6.18 Å². The van der Waals surface area contributed by atoms with Gasteiger partial charge in [0.25, 0.3) is 0 Å². The minimum absolute atomic E-state index is 0.207. The van der Waals surface area contributed by atoms with E-state index in [0.717, 1.165) is 0 Å². The third-order valence-corrected chi connectivity index (χ3v) is 2.85. The zero-order valence-corrected chi connectivity index (χ0v) is 10.7. The molecule has 0 aliphatic carbocycles. The summed E-state index contributed by atoms with van der Waals surface area (Å²) in [5.74, 6) is -0.724. The second-order valence-corrected chi connectivity index (χ2v) is 4.37. The highest BCUT2D eigenvalue weighted by Gasteiger charge is 2.27. The maximum atomic E-state index is 11.9. The maximum absolute atomic E-state index is 11.9. The highest BCUT2D eigenvalue weighted by Crippen LogP contribution is 2.24. The number of nitrogens with zero attached hydrogens (tertiary/aromatic N) is 1. The molecule has 17 heavy (non-hydrogen) atoms. The number of aromatic nitrogens is 1. The molecular formula is C9H7BrClF3N2O. The van der Waals surface area contributed by atoms with Crippen molar-refractivity contribution >= 4 is 39.1 Å². The molecule has 0 radical (unpaired) electrons. The summed E-state index contributed by atoms with van der Waals surface area (Å²) in [6.45, 7) is 0. The lowest BCUT2D eigenvalue weighted by atomic mass is 10.3. The van der Waals surface area contributed by atoms with Gasteiger partial charge in [-0.2, -0.15) is 13.2 Å². The van der Waals surface area contributed by atoms with Gasteiger partial charge in [0.05, 0.1) is 22.8 Å². The van der Waals surface area contributed by atoms with E-state index in [1.165, 1.54) is 12.3 Å². The normalized spacial score (nSPS) is 11.4. The average molecular weight is 332 g/mol. The molecule has 1 heterocycles. The molecule has 8 heteroatoms. The average Bonchev–Trinajstić information content (AvgIpc) is 2.20. The number of nitrogens with one attached hydrogen (secondary N) is 1. The Bertz CT molecular complexity index is 425. The van der Waals surface area contributed by atoms with Crippen molar-refractivity contribution < 1.29 is 18.0 Å². The number of carbonyl (C=O) groups excluding carboxylic acids is 1. The Morgan fingerprint density at radius 1 is 1.53 bits per heavy atom. The summed E-state index contributed by atoms with van der Waals surface area (Å²) in [6, 6.07) is 1.46. The van der Waals surface area contributed by atoms with Crippen LogP contribution in [0.2, 0.25) is 5.15 Å². The summed E-state index contributed by atoms with van der Waals surface area (Å²) in [6.07, 6.45) is -4.85. The quantitative estimate of drug-likeness (QED) is 0.857. The Labute approximate surface area is 108 Å². The van der Waals surface area contributed by atoms with E-state index < -0.39 is 24.9 Å². The van der Waals surface area contributed by atoms with Crippen LogP contribution >= 0.6 is 27.5 Å². The predicted octanol–water partition coefficient (Wildman–Crippen LogP) is 3.78. The van der Waals surface area contributed by atoms with E-state index in [1.54, 1.807) is 0 Å². The minimum atomic E-state index is -4.34. The number of hydrogen-bond acceptors (Lipinski definition) is 2. The van der Waals surface area contributed by atoms with Crippen LogP contribution in [0.15, 0.2) is 16.7 Å². The fraction of sp³-hybridized carbons (Fsp3) is 0.333. The van der Waals surface area contributed by atoms with Gasteiger partial charge in [-0.25, -0.2) is 4.98 Å². The SMILES string of the molecule is O=C(CCC(F)(F)F)Nc1cnc(Cl)c(Br)c1. The minimum Gasteiger partial charge on any atom is -0.325 e. The molecule has 0 spiro atoms. The highest BCUT2D eigenvalue weighted by molar-refractivity contribution is 9.10. The molecule has 94 valence electrons. The fourth-order valence-corrected chi connectivity index (χ4v) is 1.42. The second kappa shape index (κ2) is 5.68. The summed E-state index contributed by atoms with van der Waals surface area (Å²) in [5, 5.41) is 2.50. The number of anilines is 1. The van der Waals surface area contributed by atoms with Crippen molar-refractivity contribution in [1.29, 1.82) is 0 Å². The van der Waals surface area contributed by atoms with Gasteiger partial charge in [-0.3, -0.25) is 4.79 Å². The van der Waals surface area contributed by atoms with Crippen LogP contribution < -0.4 is 5.32 Å². The van der Waals surface area contributed by atoms with Crippen molar-refractivity contribution in [2.24, 2.45) is 0 Å². The van der Waals surface area contributed by atoms with Crippen molar-refractivity contribution in [3.63, 3.8) is 0 Å². The van der Waals surface area contributed by atoms with Crippen LogP contribution in [0.1, 0.15) is 12.8 Å². The van der Waals surface area contributed by atoms with Crippen LogP contribution in [-0.4, -0.2) is 17.1 Å². The van der Waals surface area contributed by atoms with Crippen LogP contribution in [0.4, 0.5) is 18.9 Å². The Kier molecular flexibility index (Phi) is 4.76. The number of hydrogen-bond donors (Lipinski definition) is 1. The molecule has 0 aliphatic heterocycles. The molecule has 0 unspecified atom stereocenters. The zero-order valence-electron chi connectivity index (χ0n) is 8.31. The van der Waals surface area contributed by atoms with Crippen molar-refractivity contribution in [3.05, 3.63) is 21.9 Å². The largest absolute Gasteiger partial charge is 0.389 e. The van der Waals surface area contributed by atoms with E-state index in [4.69, 9.17) is 11.6 Å². The van der Waals surface area contributed by atoms with Crippen molar-refractivity contribution in [1.82, 2.24) is 4.98 Å². The summed E-state index contributed by atoms with van der Waals surface area (Å²) >= 11 is 8.70. The molecule has 1 amide bonds. The number of carbonyl (C=O) groups is 1. The summed E-state index contributed by atoms with van der Waals surface area (Å²) in [4.78, 5) is 14.9. The van der Waals surface area contributed by atoms with Gasteiger partial charge in [0.1, 0.15) is 5.15 Å². The van der Waals surface area contributed by atoms with Crippen molar-refractivity contribution in [3.8, 4) is 0 Å². The number of halogens is 5. The molecule has 1 aromatic rings. The van der Waals surface area contributed by atoms with Gasteiger partial charge < -0.3 is 5.32 Å². The molecule has 1 rings (SSSR count). The topological polar surface area (TPSA) is 42.0 Å². The highest BCUT2D eigenvalue weighted by atomic mass is 79.9. The molecule has 1 N–H and O–H groups in total. The van der Waals surface area contributed by atoms with E-state index in [0.29, 0.717) is 4.47 Å². The zero-order chi connectivity index (χ0) is 13.1. The summed E-state index contributed by atoms with van der Waals surface area (Å²) in [5.41, 5.74) is 0.286. The Balaban J connectivity index is 2.54. The number of rotatable bonds is 3. The van der Waals surface area contributed by atoms with Crippen molar-refractivity contribution in [2.75, 3.05) is 5.32 Å². The van der Waals surface area contributed by atoms with Gasteiger partial charge in [0.15, 0.2) is 0 Å². The molecule has 0 bridgehead atoms. The van der Waals surface area contributed by atoms with Crippen LogP contribution in [0.25, 0.3) is 0 Å². The van der Waals surface area contributed by atoms with Crippen LogP contribution in [0, 0.1) is 0 Å². The van der Waals surface area contributed by atoms with E-state index >= 15 is 0 Å². The number of pyridine rings is 1. The molecule has 0 aromatic carbocycles. The molecule has 3 nitrogen and oxygen atoms in total. The van der Waals surface area contributed by atoms with Crippen molar-refractivity contribution in [2.45, 2.75) is 19.0 Å². The summed E-state index contributed by atoms with van der Waals surface area (Å²) < 4.78 is 36.0. The smallest absolute Gasteiger partial charge is 0.325 e. The lowest BCUT2D eigenvalue weighted by Gasteiger charge is -2.07. The van der Waals surface area contributed by atoms with Crippen LogP contribution in [-0.2, 0) is 4.79 Å². The van der Waals surface area contributed by atoms with Gasteiger partial charge in [0, 0.05) is 6.42 Å². The van der Waals surface area contributed by atoms with E-state index in [-0.39, 0.29) is 10.8 Å². The number of alkyl halides is 3. The second-order valence-electron chi connectivity index (χ2n) is 3.16. The monoisotopic (exact) mass is 330 g/mol. The Morgan fingerprint density at radius 3 is 2.71 bits per heavy atom. The van der Waals surface area contributed by atoms with Gasteiger partial charge in [-0.05, 0) is 22.0 Å². The third-order valence-electron chi connectivity index (χ3n) is 1.72. The van der Waals surface area contributed by atoms with E-state index in [2.05, 4.69) is 26.2 Å². The van der Waals surface area contributed by atoms with Gasteiger partial charge in [-0.1, -0.05) is 11.6 Å². The molecule has 1 aromatic heterocycles. The number of amides is 1. The standard InChI is InChI=1S/C9H7BrClF3N2O/c10-6-3-5(4-15-8(6)11)16-7(17)1-2-9(12,13)14/h3-4H,1-2H2,(H,16,17). The first-order chi connectivity index (χ1) is 7.78. The molecule has 0 aliphatic rings. The molecule has 0 atom stereocenters. The van der Waals surface area contributed by atoms with E-state index in [9.17, 15) is 18.0 Å². The molecule has 0 saturated heterocycles.